The van der Waals surface area contributed by atoms with Gasteiger partial charge in [0.2, 0.25) is 0 Å². The highest BCUT2D eigenvalue weighted by molar-refractivity contribution is 5.77. The number of halogens is 3. The molecule has 0 bridgehead atoms. The fourth-order valence-electron chi connectivity index (χ4n) is 2.30. The Kier molecular flexibility index (Phi) is 4.77. The maximum absolute atomic E-state index is 12.9. The Morgan fingerprint density at radius 1 is 1.29 bits per heavy atom. The molecule has 0 unspecified atom stereocenters. The van der Waals surface area contributed by atoms with Gasteiger partial charge in [0.05, 0.1) is 23.1 Å². The molecule has 24 heavy (non-hydrogen) atoms. The van der Waals surface area contributed by atoms with Gasteiger partial charge in [-0.05, 0) is 45.9 Å². The molecule has 2 aromatic rings. The van der Waals surface area contributed by atoms with E-state index in [1.54, 1.807) is 32.3 Å². The van der Waals surface area contributed by atoms with Crippen molar-refractivity contribution in [1.29, 1.82) is 0 Å². The molecule has 0 radical (unpaired) electrons. The van der Waals surface area contributed by atoms with Crippen LogP contribution in [0.3, 0.4) is 0 Å². The van der Waals surface area contributed by atoms with Crippen LogP contribution in [0.15, 0.2) is 18.2 Å². The van der Waals surface area contributed by atoms with Gasteiger partial charge in [-0.3, -0.25) is 0 Å². The lowest BCUT2D eigenvalue weighted by molar-refractivity contribution is -0.137. The van der Waals surface area contributed by atoms with Gasteiger partial charge < -0.3 is 14.6 Å². The third-order valence-corrected chi connectivity index (χ3v) is 3.26. The largest absolute Gasteiger partial charge is 0.444 e. The maximum Gasteiger partial charge on any atom is 0.416 e. The molecule has 0 spiro atoms. The van der Waals surface area contributed by atoms with Crippen LogP contribution in [0.5, 0.6) is 0 Å². The van der Waals surface area contributed by atoms with Gasteiger partial charge >= 0.3 is 12.3 Å². The summed E-state index contributed by atoms with van der Waals surface area (Å²) in [6, 6.07) is 3.41. The summed E-state index contributed by atoms with van der Waals surface area (Å²) in [5.74, 6) is 0.470. The highest BCUT2D eigenvalue weighted by Gasteiger charge is 2.31. The number of alkyl halides is 3. The van der Waals surface area contributed by atoms with Crippen molar-refractivity contribution in [2.45, 2.75) is 52.6 Å². The molecule has 0 atom stereocenters. The van der Waals surface area contributed by atoms with Crippen LogP contribution in [-0.2, 0) is 24.0 Å². The molecule has 0 aliphatic rings. The van der Waals surface area contributed by atoms with Crippen molar-refractivity contribution in [2.75, 3.05) is 0 Å². The number of ether oxygens (including phenoxy) is 1. The van der Waals surface area contributed by atoms with E-state index >= 15 is 0 Å². The molecule has 1 N–H and O–H groups in total. The number of alkyl carbamates (subject to hydrolysis) is 1. The summed E-state index contributed by atoms with van der Waals surface area (Å²) in [4.78, 5) is 16.0. The molecule has 5 nitrogen and oxygen atoms in total. The Balaban J connectivity index is 2.26. The quantitative estimate of drug-likeness (QED) is 0.913. The molecule has 0 saturated carbocycles. The number of benzene rings is 1. The van der Waals surface area contributed by atoms with Crippen LogP contribution in [0.4, 0.5) is 18.0 Å². The molecule has 2 rings (SSSR count). The molecule has 1 aromatic heterocycles. The van der Waals surface area contributed by atoms with Gasteiger partial charge in [0, 0.05) is 6.54 Å². The molecular formula is C16H20F3N3O2. The zero-order valence-corrected chi connectivity index (χ0v) is 14.0. The van der Waals surface area contributed by atoms with E-state index < -0.39 is 23.4 Å². The first-order valence-electron chi connectivity index (χ1n) is 7.54. The van der Waals surface area contributed by atoms with Crippen molar-refractivity contribution < 1.29 is 22.7 Å². The minimum absolute atomic E-state index is 0.0682. The number of hydrogen-bond donors (Lipinski definition) is 1. The van der Waals surface area contributed by atoms with Crippen LogP contribution in [0, 0.1) is 0 Å². The fourth-order valence-corrected chi connectivity index (χ4v) is 2.30. The van der Waals surface area contributed by atoms with E-state index in [9.17, 15) is 18.0 Å². The average Bonchev–Trinajstić information content (AvgIpc) is 2.78. The number of aromatic nitrogens is 2. The Morgan fingerprint density at radius 2 is 1.96 bits per heavy atom. The summed E-state index contributed by atoms with van der Waals surface area (Å²) in [5.41, 5.74) is -0.522. The third-order valence-electron chi connectivity index (χ3n) is 3.26. The minimum atomic E-state index is -4.41. The van der Waals surface area contributed by atoms with Gasteiger partial charge in [0.1, 0.15) is 11.4 Å². The van der Waals surface area contributed by atoms with Gasteiger partial charge in [0.25, 0.3) is 0 Å². The predicted octanol–water partition coefficient (Wildman–Crippen LogP) is 4.10. The molecule has 0 aliphatic carbocycles. The number of nitrogens with one attached hydrogen (secondary N) is 1. The minimum Gasteiger partial charge on any atom is -0.444 e. The SMILES string of the molecule is CCn1c(CNC(=O)OC(C)(C)C)nc2ccc(C(F)(F)F)cc21. The second kappa shape index (κ2) is 6.33. The zero-order chi connectivity index (χ0) is 18.1. The highest BCUT2D eigenvalue weighted by Crippen LogP contribution is 2.31. The van der Waals surface area contributed by atoms with E-state index in [0.717, 1.165) is 12.1 Å². The third kappa shape index (κ3) is 4.18. The van der Waals surface area contributed by atoms with Gasteiger partial charge in [-0.1, -0.05) is 0 Å². The van der Waals surface area contributed by atoms with Crippen LogP contribution in [-0.4, -0.2) is 21.2 Å². The zero-order valence-electron chi connectivity index (χ0n) is 14.0. The Hall–Kier alpha value is -2.25. The van der Waals surface area contributed by atoms with Crippen molar-refractivity contribution in [3.05, 3.63) is 29.6 Å². The lowest BCUT2D eigenvalue weighted by Crippen LogP contribution is -2.32. The number of rotatable bonds is 3. The van der Waals surface area contributed by atoms with Crippen LogP contribution in [0.1, 0.15) is 39.1 Å². The molecular weight excluding hydrogens is 323 g/mol. The van der Waals surface area contributed by atoms with Crippen LogP contribution in [0.2, 0.25) is 0 Å². The first-order chi connectivity index (χ1) is 11.0. The Bertz CT molecular complexity index is 745. The first kappa shape index (κ1) is 18.1. The number of aryl methyl sites for hydroxylation is 1. The number of fused-ring (bicyclic) bond motifs is 1. The fraction of sp³-hybridized carbons (Fsp3) is 0.500. The van der Waals surface area contributed by atoms with E-state index in [4.69, 9.17) is 4.74 Å². The maximum atomic E-state index is 12.9. The summed E-state index contributed by atoms with van der Waals surface area (Å²) in [5, 5.41) is 2.57. The van der Waals surface area contributed by atoms with Crippen molar-refractivity contribution in [2.24, 2.45) is 0 Å². The normalized spacial score (nSPS) is 12.5. The number of amides is 1. The molecule has 0 saturated heterocycles. The van der Waals surface area contributed by atoms with Gasteiger partial charge in [0.15, 0.2) is 0 Å². The van der Waals surface area contributed by atoms with Crippen molar-refractivity contribution in [3.63, 3.8) is 0 Å². The second-order valence-corrected chi connectivity index (χ2v) is 6.33. The average molecular weight is 343 g/mol. The van der Waals surface area contributed by atoms with E-state index in [0.29, 0.717) is 23.4 Å². The number of hydrogen-bond acceptors (Lipinski definition) is 3. The van der Waals surface area contributed by atoms with E-state index in [-0.39, 0.29) is 6.54 Å². The number of carbonyl (C=O) groups excluding carboxylic acids is 1. The van der Waals surface area contributed by atoms with Crippen LogP contribution < -0.4 is 5.32 Å². The topological polar surface area (TPSA) is 56.2 Å². The summed E-state index contributed by atoms with van der Waals surface area (Å²) < 4.78 is 45.4. The first-order valence-corrected chi connectivity index (χ1v) is 7.54. The monoisotopic (exact) mass is 343 g/mol. The van der Waals surface area contributed by atoms with Crippen LogP contribution >= 0.6 is 0 Å². The molecule has 0 aliphatic heterocycles. The number of imidazole rings is 1. The van der Waals surface area contributed by atoms with Gasteiger partial charge in [-0.25, -0.2) is 9.78 Å². The standard InChI is InChI=1S/C16H20F3N3O2/c1-5-22-12-8-10(16(17,18)19)6-7-11(12)21-13(22)9-20-14(23)24-15(2,3)4/h6-8H,5,9H2,1-4H3,(H,20,23). The molecule has 0 fully saturated rings. The van der Waals surface area contributed by atoms with E-state index in [1.807, 2.05) is 0 Å². The molecule has 132 valence electrons. The van der Waals surface area contributed by atoms with Crippen LogP contribution in [0.25, 0.3) is 11.0 Å². The summed E-state index contributed by atoms with van der Waals surface area (Å²) in [6.45, 7) is 7.53. The van der Waals surface area contributed by atoms with Gasteiger partial charge in [-0.15, -0.1) is 0 Å². The number of nitrogens with zero attached hydrogens (tertiary/aromatic N) is 2. The second-order valence-electron chi connectivity index (χ2n) is 6.33. The predicted molar refractivity (Wildman–Crippen MR) is 83.5 cm³/mol. The summed E-state index contributed by atoms with van der Waals surface area (Å²) >= 11 is 0. The molecule has 8 heteroatoms. The molecule has 1 heterocycles. The van der Waals surface area contributed by atoms with E-state index in [1.165, 1.54) is 6.07 Å². The Morgan fingerprint density at radius 3 is 2.50 bits per heavy atom. The smallest absolute Gasteiger partial charge is 0.416 e. The number of carbonyl (C=O) groups is 1. The lowest BCUT2D eigenvalue weighted by Gasteiger charge is -2.19. The van der Waals surface area contributed by atoms with Gasteiger partial charge in [-0.2, -0.15) is 13.2 Å². The summed E-state index contributed by atoms with van der Waals surface area (Å²) in [7, 11) is 0. The highest BCUT2D eigenvalue weighted by atomic mass is 19.4. The Labute approximate surface area is 137 Å². The van der Waals surface area contributed by atoms with E-state index in [2.05, 4.69) is 10.3 Å². The lowest BCUT2D eigenvalue weighted by atomic mass is 10.2. The van der Waals surface area contributed by atoms with Crippen molar-refractivity contribution >= 4 is 17.1 Å². The van der Waals surface area contributed by atoms with Crippen molar-refractivity contribution in [1.82, 2.24) is 14.9 Å². The molecule has 1 aromatic carbocycles. The summed E-state index contributed by atoms with van der Waals surface area (Å²) in [6.07, 6.45) is -5.01. The van der Waals surface area contributed by atoms with Crippen molar-refractivity contribution in [3.8, 4) is 0 Å². The molecule has 1 amide bonds.